The van der Waals surface area contributed by atoms with Gasteiger partial charge in [-0.2, -0.15) is 13.7 Å². The molecule has 7 nitrogen and oxygen atoms in total. The standard InChI is InChI=1S/C7H9N3O4S/c8-2-1-3-10-7(11)4-6(9-10)5-15(12,13)14/h4,9H,1,3,5H2,(H,12,13,14). The molecule has 0 atom stereocenters. The van der Waals surface area contributed by atoms with Gasteiger partial charge < -0.3 is 0 Å². The van der Waals surface area contributed by atoms with Gasteiger partial charge in [-0.25, -0.2) is 0 Å². The Labute approximate surface area is 85.7 Å². The average Bonchev–Trinajstić information content (AvgIpc) is 2.39. The van der Waals surface area contributed by atoms with E-state index in [-0.39, 0.29) is 18.7 Å². The van der Waals surface area contributed by atoms with Crippen LogP contribution in [-0.2, 0) is 22.4 Å². The Morgan fingerprint density at radius 2 is 2.27 bits per heavy atom. The number of aryl methyl sites for hydroxylation is 1. The lowest BCUT2D eigenvalue weighted by molar-refractivity contribution is 0.480. The Hall–Kier alpha value is -1.59. The van der Waals surface area contributed by atoms with Gasteiger partial charge in [0, 0.05) is 6.07 Å². The van der Waals surface area contributed by atoms with Crippen LogP contribution in [-0.4, -0.2) is 22.8 Å². The van der Waals surface area contributed by atoms with E-state index in [0.29, 0.717) is 0 Å². The molecule has 0 saturated carbocycles. The molecular formula is C7H9N3O4S. The third kappa shape index (κ3) is 3.57. The maximum absolute atomic E-state index is 11.2. The van der Waals surface area contributed by atoms with Crippen molar-refractivity contribution in [2.24, 2.45) is 0 Å². The molecule has 1 aromatic heterocycles. The van der Waals surface area contributed by atoms with E-state index in [1.807, 2.05) is 6.07 Å². The van der Waals surface area contributed by atoms with Crippen molar-refractivity contribution in [2.75, 3.05) is 0 Å². The lowest BCUT2D eigenvalue weighted by Crippen LogP contribution is -2.15. The van der Waals surface area contributed by atoms with Crippen molar-refractivity contribution < 1.29 is 13.0 Å². The van der Waals surface area contributed by atoms with Crippen LogP contribution >= 0.6 is 0 Å². The van der Waals surface area contributed by atoms with Crippen molar-refractivity contribution in [1.29, 1.82) is 5.26 Å². The topological polar surface area (TPSA) is 116 Å². The van der Waals surface area contributed by atoms with Crippen molar-refractivity contribution in [3.63, 3.8) is 0 Å². The molecule has 1 aromatic rings. The molecule has 0 amide bonds. The second-order valence-electron chi connectivity index (χ2n) is 2.91. The summed E-state index contributed by atoms with van der Waals surface area (Å²) < 4.78 is 30.7. The largest absolute Gasteiger partial charge is 0.299 e. The molecule has 1 heterocycles. The number of nitrogens with one attached hydrogen (secondary N) is 1. The SMILES string of the molecule is N#CCCn1[nH]c(CS(=O)(=O)O)cc1=O. The molecule has 15 heavy (non-hydrogen) atoms. The highest BCUT2D eigenvalue weighted by Crippen LogP contribution is 1.98. The minimum Gasteiger partial charge on any atom is -0.299 e. The van der Waals surface area contributed by atoms with Crippen molar-refractivity contribution in [3.8, 4) is 6.07 Å². The van der Waals surface area contributed by atoms with E-state index in [1.165, 1.54) is 0 Å². The molecule has 0 aliphatic heterocycles. The van der Waals surface area contributed by atoms with Crippen molar-refractivity contribution >= 4 is 10.1 Å². The second-order valence-corrected chi connectivity index (χ2v) is 4.36. The highest BCUT2D eigenvalue weighted by atomic mass is 32.2. The lowest BCUT2D eigenvalue weighted by atomic mass is 10.5. The monoisotopic (exact) mass is 231 g/mol. The van der Waals surface area contributed by atoms with Crippen LogP contribution < -0.4 is 5.56 Å². The number of rotatable bonds is 4. The molecule has 0 aliphatic carbocycles. The molecule has 0 radical (unpaired) electrons. The summed E-state index contributed by atoms with van der Waals surface area (Å²) in [5, 5.41) is 10.8. The quantitative estimate of drug-likeness (QED) is 0.676. The van der Waals surface area contributed by atoms with Crippen LogP contribution in [0.25, 0.3) is 0 Å². The molecule has 0 aliphatic rings. The highest BCUT2D eigenvalue weighted by Gasteiger charge is 2.10. The molecule has 0 fully saturated rings. The zero-order valence-electron chi connectivity index (χ0n) is 7.67. The van der Waals surface area contributed by atoms with Gasteiger partial charge in [-0.3, -0.25) is 19.1 Å². The summed E-state index contributed by atoms with van der Waals surface area (Å²) in [5.74, 6) is -0.637. The van der Waals surface area contributed by atoms with Crippen molar-refractivity contribution in [1.82, 2.24) is 9.78 Å². The smallest absolute Gasteiger partial charge is 0.270 e. The Kier molecular flexibility index (Phi) is 3.28. The molecule has 0 bridgehead atoms. The third-order valence-corrected chi connectivity index (χ3v) is 2.30. The molecule has 8 heteroatoms. The summed E-state index contributed by atoms with van der Waals surface area (Å²) >= 11 is 0. The van der Waals surface area contributed by atoms with Gasteiger partial charge in [-0.1, -0.05) is 0 Å². The number of aromatic nitrogens is 2. The number of aromatic amines is 1. The van der Waals surface area contributed by atoms with E-state index < -0.39 is 21.4 Å². The summed E-state index contributed by atoms with van der Waals surface area (Å²) in [5.41, 5.74) is -0.329. The lowest BCUT2D eigenvalue weighted by Gasteiger charge is -1.96. The van der Waals surface area contributed by atoms with Gasteiger partial charge in [-0.15, -0.1) is 0 Å². The molecule has 0 spiro atoms. The first kappa shape index (κ1) is 11.5. The van der Waals surface area contributed by atoms with E-state index >= 15 is 0 Å². The third-order valence-electron chi connectivity index (χ3n) is 1.63. The van der Waals surface area contributed by atoms with Gasteiger partial charge in [0.05, 0.1) is 24.7 Å². The predicted octanol–water partition coefficient (Wildman–Crippen LogP) is -0.522. The summed E-state index contributed by atoms with van der Waals surface area (Å²) in [6.07, 6.45) is 0.145. The Bertz CT molecular complexity index is 533. The number of hydrogen-bond donors (Lipinski definition) is 2. The van der Waals surface area contributed by atoms with Crippen molar-refractivity contribution in [2.45, 2.75) is 18.7 Å². The second kappa shape index (κ2) is 4.29. The van der Waals surface area contributed by atoms with Gasteiger partial charge in [0.1, 0.15) is 5.75 Å². The molecule has 0 unspecified atom stereocenters. The number of nitriles is 1. The average molecular weight is 231 g/mol. The van der Waals surface area contributed by atoms with Gasteiger partial charge in [0.25, 0.3) is 15.7 Å². The summed E-state index contributed by atoms with van der Waals surface area (Å²) in [6, 6.07) is 2.93. The Morgan fingerprint density at radius 3 is 2.80 bits per heavy atom. The maximum atomic E-state index is 11.2. The van der Waals surface area contributed by atoms with Gasteiger partial charge in [0.2, 0.25) is 0 Å². The molecule has 0 aromatic carbocycles. The van der Waals surface area contributed by atoms with Crippen LogP contribution in [0.5, 0.6) is 0 Å². The van der Waals surface area contributed by atoms with Crippen LogP contribution in [0, 0.1) is 11.3 Å². The summed E-state index contributed by atoms with van der Waals surface area (Å²) in [7, 11) is -4.15. The zero-order valence-corrected chi connectivity index (χ0v) is 8.49. The van der Waals surface area contributed by atoms with E-state index in [4.69, 9.17) is 9.81 Å². The van der Waals surface area contributed by atoms with Gasteiger partial charge >= 0.3 is 0 Å². The van der Waals surface area contributed by atoms with E-state index in [9.17, 15) is 13.2 Å². The minimum absolute atomic E-state index is 0.0976. The highest BCUT2D eigenvalue weighted by molar-refractivity contribution is 7.84. The molecular weight excluding hydrogens is 222 g/mol. The van der Waals surface area contributed by atoms with Gasteiger partial charge in [0.15, 0.2) is 0 Å². The fraction of sp³-hybridized carbons (Fsp3) is 0.429. The fourth-order valence-corrected chi connectivity index (χ4v) is 1.63. The first-order valence-electron chi connectivity index (χ1n) is 4.03. The zero-order chi connectivity index (χ0) is 11.5. The van der Waals surface area contributed by atoms with Gasteiger partial charge in [-0.05, 0) is 0 Å². The van der Waals surface area contributed by atoms with Crippen LogP contribution in [0.15, 0.2) is 10.9 Å². The van der Waals surface area contributed by atoms with Crippen LogP contribution in [0.4, 0.5) is 0 Å². The van der Waals surface area contributed by atoms with E-state index in [0.717, 1.165) is 10.7 Å². The molecule has 0 saturated heterocycles. The summed E-state index contributed by atoms with van der Waals surface area (Å²) in [6.45, 7) is 0.167. The fourth-order valence-electron chi connectivity index (χ4n) is 1.09. The number of H-pyrrole nitrogens is 1. The van der Waals surface area contributed by atoms with Crippen LogP contribution in [0.2, 0.25) is 0 Å². The molecule has 1 rings (SSSR count). The molecule has 2 N–H and O–H groups in total. The van der Waals surface area contributed by atoms with E-state index in [1.54, 1.807) is 0 Å². The van der Waals surface area contributed by atoms with Crippen molar-refractivity contribution in [3.05, 3.63) is 22.1 Å². The Balaban J connectivity index is 2.87. The number of nitrogens with zero attached hydrogens (tertiary/aromatic N) is 2. The van der Waals surface area contributed by atoms with Crippen LogP contribution in [0.3, 0.4) is 0 Å². The Morgan fingerprint density at radius 1 is 1.60 bits per heavy atom. The first-order chi connectivity index (χ1) is 6.92. The minimum atomic E-state index is -4.15. The predicted molar refractivity (Wildman–Crippen MR) is 50.5 cm³/mol. The number of hydrogen-bond acceptors (Lipinski definition) is 4. The summed E-state index contributed by atoms with van der Waals surface area (Å²) in [4.78, 5) is 11.2. The first-order valence-corrected chi connectivity index (χ1v) is 5.64. The molecule has 82 valence electrons. The van der Waals surface area contributed by atoms with E-state index in [2.05, 4.69) is 5.10 Å². The maximum Gasteiger partial charge on any atom is 0.270 e. The van der Waals surface area contributed by atoms with Crippen LogP contribution in [0.1, 0.15) is 12.1 Å². The normalized spacial score (nSPS) is 11.2.